The van der Waals surface area contributed by atoms with Crippen molar-refractivity contribution in [2.45, 2.75) is 51.4 Å². The maximum absolute atomic E-state index is 3.46. The second-order valence-electron chi connectivity index (χ2n) is 4.77. The van der Waals surface area contributed by atoms with E-state index in [1.807, 2.05) is 0 Å². The van der Waals surface area contributed by atoms with Crippen LogP contribution in [-0.2, 0) is 0 Å². The zero-order chi connectivity index (χ0) is 9.45. The van der Waals surface area contributed by atoms with Gasteiger partial charge in [-0.1, -0.05) is 0 Å². The molecule has 0 unspecified atom stereocenters. The topological polar surface area (TPSA) is 0 Å². The molecule has 0 aromatic heterocycles. The first kappa shape index (κ1) is 13.3. The van der Waals surface area contributed by atoms with Gasteiger partial charge >= 0.3 is 91.0 Å². The molecule has 12 heavy (non-hydrogen) atoms. The van der Waals surface area contributed by atoms with Crippen molar-refractivity contribution in [3.05, 3.63) is 0 Å². The molecular formula is C10H23BrSn. The summed E-state index contributed by atoms with van der Waals surface area (Å²) in [4.78, 5) is 7.60. The van der Waals surface area contributed by atoms with Gasteiger partial charge in [-0.3, -0.25) is 0 Å². The van der Waals surface area contributed by atoms with Gasteiger partial charge in [-0.25, -0.2) is 0 Å². The third kappa shape index (κ3) is 11.3. The van der Waals surface area contributed by atoms with E-state index in [-0.39, 0.29) is 0 Å². The Hall–Kier alpha value is 1.28. The van der Waals surface area contributed by atoms with E-state index in [4.69, 9.17) is 0 Å². The quantitative estimate of drug-likeness (QED) is 0.358. The molecule has 0 bridgehead atoms. The normalized spacial score (nSPS) is 12.0. The van der Waals surface area contributed by atoms with E-state index in [2.05, 4.69) is 30.7 Å². The van der Waals surface area contributed by atoms with Crippen molar-refractivity contribution in [1.29, 1.82) is 0 Å². The molecule has 0 amide bonds. The molecule has 0 saturated carbocycles. The molecule has 0 saturated heterocycles. The van der Waals surface area contributed by atoms with Gasteiger partial charge in [0.05, 0.1) is 0 Å². The van der Waals surface area contributed by atoms with Gasteiger partial charge in [-0.05, 0) is 0 Å². The Bertz CT molecular complexity index is 96.5. The van der Waals surface area contributed by atoms with Gasteiger partial charge in [0, 0.05) is 0 Å². The predicted octanol–water partition coefficient (Wildman–Crippen LogP) is 4.67. The monoisotopic (exact) mass is 342 g/mol. The van der Waals surface area contributed by atoms with Crippen molar-refractivity contribution in [3.8, 4) is 0 Å². The Balaban J connectivity index is 3.01. The van der Waals surface area contributed by atoms with Crippen molar-refractivity contribution >= 4 is 34.3 Å². The first-order valence-electron chi connectivity index (χ1n) is 5.12. The Morgan fingerprint density at radius 3 is 1.83 bits per heavy atom. The second-order valence-corrected chi connectivity index (χ2v) is 21.6. The van der Waals surface area contributed by atoms with Crippen LogP contribution in [0.3, 0.4) is 0 Å². The van der Waals surface area contributed by atoms with E-state index in [1.165, 1.54) is 37.4 Å². The minimum absolute atomic E-state index is 1.19. The van der Waals surface area contributed by atoms with Gasteiger partial charge in [-0.15, -0.1) is 0 Å². The van der Waals surface area contributed by atoms with Crippen LogP contribution in [0.25, 0.3) is 0 Å². The summed E-state index contributed by atoms with van der Waals surface area (Å²) >= 11 is 2.07. The fourth-order valence-electron chi connectivity index (χ4n) is 1.28. The number of rotatable bonds is 7. The zero-order valence-electron chi connectivity index (χ0n) is 8.83. The molecule has 0 atom stereocenters. The van der Waals surface area contributed by atoms with E-state index in [0.717, 1.165) is 0 Å². The van der Waals surface area contributed by atoms with Crippen LogP contribution in [0.15, 0.2) is 0 Å². The van der Waals surface area contributed by atoms with Crippen molar-refractivity contribution in [2.75, 3.05) is 5.33 Å². The molecule has 0 fully saturated rings. The van der Waals surface area contributed by atoms with Crippen LogP contribution in [-0.4, -0.2) is 23.7 Å². The molecular weight excluding hydrogens is 319 g/mol. The summed E-state index contributed by atoms with van der Waals surface area (Å²) in [5, 5.41) is 1.19. The molecule has 0 heterocycles. The molecule has 0 aromatic rings. The maximum atomic E-state index is 3.46. The molecule has 0 radical (unpaired) electrons. The SMILES string of the molecule is [CH3][Sn]([CH3])([CH3])[CH2]CCCCCCBr. The van der Waals surface area contributed by atoms with E-state index >= 15 is 0 Å². The first-order chi connectivity index (χ1) is 5.56. The third-order valence-corrected chi connectivity index (χ3v) is 7.91. The van der Waals surface area contributed by atoms with Crippen molar-refractivity contribution < 1.29 is 0 Å². The van der Waals surface area contributed by atoms with Crippen molar-refractivity contribution in [2.24, 2.45) is 0 Å². The molecule has 0 aliphatic carbocycles. The van der Waals surface area contributed by atoms with Crippen LogP contribution < -0.4 is 0 Å². The molecule has 0 spiro atoms. The number of hydrogen-bond donors (Lipinski definition) is 0. The number of halogens is 1. The Morgan fingerprint density at radius 1 is 0.833 bits per heavy atom. The Kier molecular flexibility index (Phi) is 8.48. The Labute approximate surface area is 90.5 Å². The molecule has 0 aliphatic heterocycles. The van der Waals surface area contributed by atoms with Crippen LogP contribution in [0.4, 0.5) is 0 Å². The van der Waals surface area contributed by atoms with Crippen LogP contribution in [0.1, 0.15) is 32.1 Å². The Morgan fingerprint density at radius 2 is 1.33 bits per heavy atom. The molecule has 0 nitrogen and oxygen atoms in total. The zero-order valence-corrected chi connectivity index (χ0v) is 13.3. The van der Waals surface area contributed by atoms with Crippen LogP contribution in [0.2, 0.25) is 19.3 Å². The molecule has 0 aliphatic rings. The summed E-state index contributed by atoms with van der Waals surface area (Å²) in [7, 11) is 0. The van der Waals surface area contributed by atoms with Gasteiger partial charge in [0.1, 0.15) is 0 Å². The summed E-state index contributed by atoms with van der Waals surface area (Å²) in [5.74, 6) is 0. The second kappa shape index (κ2) is 7.66. The summed E-state index contributed by atoms with van der Waals surface area (Å²) < 4.78 is 1.59. The van der Waals surface area contributed by atoms with Crippen LogP contribution in [0.5, 0.6) is 0 Å². The van der Waals surface area contributed by atoms with Gasteiger partial charge in [0.2, 0.25) is 0 Å². The van der Waals surface area contributed by atoms with Crippen LogP contribution >= 0.6 is 15.9 Å². The fourth-order valence-corrected chi connectivity index (χ4v) is 5.42. The predicted molar refractivity (Wildman–Crippen MR) is 65.0 cm³/mol. The third-order valence-electron chi connectivity index (χ3n) is 2.06. The number of unbranched alkanes of at least 4 members (excludes halogenated alkanes) is 4. The van der Waals surface area contributed by atoms with E-state index in [0.29, 0.717) is 0 Å². The number of alkyl halides is 1. The molecule has 0 rings (SSSR count). The average molecular weight is 342 g/mol. The molecule has 0 N–H and O–H groups in total. The summed E-state index contributed by atoms with van der Waals surface area (Å²) in [6, 6.07) is 0. The summed E-state index contributed by atoms with van der Waals surface area (Å²) in [5.41, 5.74) is 0. The van der Waals surface area contributed by atoms with Gasteiger partial charge in [-0.2, -0.15) is 0 Å². The van der Waals surface area contributed by atoms with Gasteiger partial charge in [0.15, 0.2) is 0 Å². The average Bonchev–Trinajstić information content (AvgIpc) is 1.94. The van der Waals surface area contributed by atoms with Crippen LogP contribution in [0, 0.1) is 0 Å². The standard InChI is InChI=1S/C7H14Br.3CH3.Sn/c1-2-3-4-5-6-7-8;;;;/h1-7H2;3*1H3;. The minimum atomic E-state index is -1.39. The number of hydrogen-bond acceptors (Lipinski definition) is 0. The fraction of sp³-hybridized carbons (Fsp3) is 1.00. The van der Waals surface area contributed by atoms with Gasteiger partial charge < -0.3 is 0 Å². The summed E-state index contributed by atoms with van der Waals surface area (Å²) in [6.07, 6.45) is 7.21. The van der Waals surface area contributed by atoms with Crippen molar-refractivity contribution in [1.82, 2.24) is 0 Å². The first-order valence-corrected chi connectivity index (χ1v) is 16.8. The van der Waals surface area contributed by atoms with Gasteiger partial charge in [0.25, 0.3) is 0 Å². The summed E-state index contributed by atoms with van der Waals surface area (Å²) in [6.45, 7) is 0. The van der Waals surface area contributed by atoms with E-state index in [9.17, 15) is 0 Å². The van der Waals surface area contributed by atoms with Crippen molar-refractivity contribution in [3.63, 3.8) is 0 Å². The molecule has 74 valence electrons. The van der Waals surface area contributed by atoms with E-state index < -0.39 is 18.4 Å². The molecule has 2 heteroatoms. The van der Waals surface area contributed by atoms with E-state index in [1.54, 1.807) is 4.44 Å². The molecule has 0 aromatic carbocycles.